The first-order valence-corrected chi connectivity index (χ1v) is 11.8. The molecule has 1 aromatic rings. The molecule has 120 valence electrons. The molecule has 1 aromatic carbocycles. The number of hydrogen-bond acceptors (Lipinski definition) is 4. The van der Waals surface area contributed by atoms with Crippen molar-refractivity contribution in [2.45, 2.75) is 45.4 Å². The molecule has 0 aliphatic carbocycles. The number of benzene rings is 1. The van der Waals surface area contributed by atoms with Gasteiger partial charge in [-0.3, -0.25) is 4.18 Å². The Balaban J connectivity index is 3.12. The Hall–Kier alpha value is -0.693. The van der Waals surface area contributed by atoms with E-state index in [4.69, 9.17) is 4.18 Å². The van der Waals surface area contributed by atoms with Crippen LogP contribution in [0.1, 0.15) is 38.0 Å². The predicted octanol–water partition coefficient (Wildman–Crippen LogP) is 1.69. The van der Waals surface area contributed by atoms with Crippen molar-refractivity contribution in [1.82, 2.24) is 0 Å². The van der Waals surface area contributed by atoms with E-state index in [2.05, 4.69) is 39.9 Å². The lowest BCUT2D eigenvalue weighted by molar-refractivity contribution is 0.112. The lowest BCUT2D eigenvalue weighted by atomic mass is 9.86. The zero-order valence-electron chi connectivity index (χ0n) is 13.7. The second-order valence-corrected chi connectivity index (χ2v) is 11.3. The van der Waals surface area contributed by atoms with Gasteiger partial charge in [-0.25, -0.2) is 0 Å². The normalized spacial score (nSPS) is 14.5. The van der Waals surface area contributed by atoms with Crippen LogP contribution in [-0.4, -0.2) is 35.2 Å². The third kappa shape index (κ3) is 5.54. The molecule has 0 fully saturated rings. The molecule has 4 nitrogen and oxygen atoms in total. The van der Waals surface area contributed by atoms with Crippen LogP contribution in [-0.2, 0) is 19.7 Å². The average Bonchev–Trinajstić information content (AvgIpc) is 2.33. The average molecular weight is 331 g/mol. The molecule has 0 amide bonds. The van der Waals surface area contributed by atoms with Crippen molar-refractivity contribution in [3.05, 3.63) is 29.3 Å². The summed E-state index contributed by atoms with van der Waals surface area (Å²) < 4.78 is 26.8. The highest BCUT2D eigenvalue weighted by Gasteiger charge is 2.21. The molecule has 0 bridgehead atoms. The molecular formula is C15H26O4SSi. The molecule has 0 spiro atoms. The predicted molar refractivity (Wildman–Crippen MR) is 89.4 cm³/mol. The first-order chi connectivity index (χ1) is 9.42. The van der Waals surface area contributed by atoms with Gasteiger partial charge in [0, 0.05) is 0 Å². The Morgan fingerprint density at radius 1 is 1.29 bits per heavy atom. The highest BCUT2D eigenvalue weighted by molar-refractivity contribution is 7.85. The molecule has 0 radical (unpaired) electrons. The number of aliphatic hydroxyl groups is 1. The topological polar surface area (TPSA) is 63.6 Å². The Morgan fingerprint density at radius 2 is 1.86 bits per heavy atom. The third-order valence-corrected chi connectivity index (χ3v) is 5.68. The molecule has 1 rings (SSSR count). The zero-order valence-corrected chi connectivity index (χ0v) is 15.6. The monoisotopic (exact) mass is 330 g/mol. The Morgan fingerprint density at radius 3 is 2.29 bits per heavy atom. The lowest BCUT2D eigenvalue weighted by Gasteiger charge is -2.24. The first kappa shape index (κ1) is 18.4. The van der Waals surface area contributed by atoms with Crippen molar-refractivity contribution in [3.8, 4) is 0 Å². The highest BCUT2D eigenvalue weighted by Crippen LogP contribution is 2.23. The summed E-state index contributed by atoms with van der Waals surface area (Å²) in [6.45, 7) is 10.6. The summed E-state index contributed by atoms with van der Waals surface area (Å²) in [6, 6.07) is 6.05. The van der Waals surface area contributed by atoms with Crippen molar-refractivity contribution in [2.24, 2.45) is 0 Å². The standard InChI is InChI=1S/C15H26O4SSi/c1-15(2,3)11-7-8-12(14(9-11)21(5)6)13(16)10-19-20(4,17)18/h7-9,13,16,21H,10H2,1-6H3/t13-/m0/s1. The second-order valence-electron chi connectivity index (χ2n) is 6.75. The van der Waals surface area contributed by atoms with Crippen molar-refractivity contribution in [1.29, 1.82) is 0 Å². The summed E-state index contributed by atoms with van der Waals surface area (Å²) in [5, 5.41) is 11.4. The van der Waals surface area contributed by atoms with Gasteiger partial charge in [-0.2, -0.15) is 8.42 Å². The molecule has 0 aliphatic heterocycles. The van der Waals surface area contributed by atoms with E-state index in [0.717, 1.165) is 17.0 Å². The van der Waals surface area contributed by atoms with Crippen LogP contribution in [0.3, 0.4) is 0 Å². The summed E-state index contributed by atoms with van der Waals surface area (Å²) in [4.78, 5) is 0. The largest absolute Gasteiger partial charge is 0.386 e. The molecule has 21 heavy (non-hydrogen) atoms. The van der Waals surface area contributed by atoms with Gasteiger partial charge in [-0.15, -0.1) is 0 Å². The van der Waals surface area contributed by atoms with E-state index in [-0.39, 0.29) is 12.0 Å². The minimum atomic E-state index is -3.54. The minimum Gasteiger partial charge on any atom is -0.386 e. The fraction of sp³-hybridized carbons (Fsp3) is 0.600. The zero-order chi connectivity index (χ0) is 16.4. The minimum absolute atomic E-state index is 0.0464. The van der Waals surface area contributed by atoms with Crippen molar-refractivity contribution >= 4 is 24.1 Å². The highest BCUT2D eigenvalue weighted by atomic mass is 32.2. The van der Waals surface area contributed by atoms with Crippen LogP contribution in [0, 0.1) is 0 Å². The first-order valence-electron chi connectivity index (χ1n) is 7.08. The van der Waals surface area contributed by atoms with E-state index >= 15 is 0 Å². The third-order valence-electron chi connectivity index (χ3n) is 3.37. The Labute approximate surface area is 129 Å². The molecule has 0 aromatic heterocycles. The van der Waals surface area contributed by atoms with Gasteiger partial charge in [-0.1, -0.05) is 57.3 Å². The lowest BCUT2D eigenvalue weighted by Crippen LogP contribution is -2.31. The number of rotatable bonds is 5. The van der Waals surface area contributed by atoms with Crippen LogP contribution in [0.4, 0.5) is 0 Å². The van der Waals surface area contributed by atoms with Gasteiger partial charge in [-0.05, 0) is 16.5 Å². The molecule has 0 aliphatic rings. The Bertz CT molecular complexity index is 588. The van der Waals surface area contributed by atoms with Crippen molar-refractivity contribution in [3.63, 3.8) is 0 Å². The summed E-state index contributed by atoms with van der Waals surface area (Å²) in [6.07, 6.45) is 0.0687. The van der Waals surface area contributed by atoms with Crippen LogP contribution in [0.2, 0.25) is 13.1 Å². The molecule has 0 unspecified atom stereocenters. The van der Waals surface area contributed by atoms with E-state index in [1.54, 1.807) is 0 Å². The molecule has 6 heteroatoms. The van der Waals surface area contributed by atoms with Crippen LogP contribution in [0.25, 0.3) is 0 Å². The van der Waals surface area contributed by atoms with E-state index in [0.29, 0.717) is 0 Å². The summed E-state index contributed by atoms with van der Waals surface area (Å²) in [5.41, 5.74) is 2.05. The van der Waals surface area contributed by atoms with Gasteiger partial charge in [0.2, 0.25) is 0 Å². The van der Waals surface area contributed by atoms with Gasteiger partial charge in [0.1, 0.15) is 6.10 Å². The maximum Gasteiger partial charge on any atom is 0.264 e. The molecule has 0 heterocycles. The van der Waals surface area contributed by atoms with E-state index in [9.17, 15) is 13.5 Å². The van der Waals surface area contributed by atoms with Gasteiger partial charge < -0.3 is 5.11 Å². The SMILES string of the molecule is C[SiH](C)c1cc(C(C)(C)C)ccc1[C@@H](O)COS(C)(=O)=O. The van der Waals surface area contributed by atoms with Crippen LogP contribution < -0.4 is 5.19 Å². The fourth-order valence-corrected chi connectivity index (χ4v) is 3.97. The van der Waals surface area contributed by atoms with Gasteiger partial charge in [0.25, 0.3) is 10.1 Å². The summed E-state index contributed by atoms with van der Waals surface area (Å²) in [7, 11) is -4.70. The van der Waals surface area contributed by atoms with Crippen LogP contribution in [0.5, 0.6) is 0 Å². The number of hydrogen-bond donors (Lipinski definition) is 1. The smallest absolute Gasteiger partial charge is 0.264 e. The van der Waals surface area contributed by atoms with Gasteiger partial charge in [0.15, 0.2) is 0 Å². The van der Waals surface area contributed by atoms with E-state index < -0.39 is 25.0 Å². The maximum absolute atomic E-state index is 11.0. The quantitative estimate of drug-likeness (QED) is 0.659. The van der Waals surface area contributed by atoms with Crippen molar-refractivity contribution < 1.29 is 17.7 Å². The number of aliphatic hydroxyl groups excluding tert-OH is 1. The van der Waals surface area contributed by atoms with E-state index in [1.165, 1.54) is 5.56 Å². The molecular weight excluding hydrogens is 304 g/mol. The summed E-state index contributed by atoms with van der Waals surface area (Å²) in [5.74, 6) is 0. The second kappa shape index (κ2) is 6.60. The van der Waals surface area contributed by atoms with Crippen LogP contribution >= 0.6 is 0 Å². The molecule has 0 saturated heterocycles. The molecule has 0 saturated carbocycles. The maximum atomic E-state index is 11.0. The molecule has 1 N–H and O–H groups in total. The fourth-order valence-electron chi connectivity index (χ4n) is 2.12. The molecule has 1 atom stereocenters. The van der Waals surface area contributed by atoms with Crippen molar-refractivity contribution in [2.75, 3.05) is 12.9 Å². The van der Waals surface area contributed by atoms with Crippen LogP contribution in [0.15, 0.2) is 18.2 Å². The van der Waals surface area contributed by atoms with Gasteiger partial charge >= 0.3 is 0 Å². The summed E-state index contributed by atoms with van der Waals surface area (Å²) >= 11 is 0. The van der Waals surface area contributed by atoms with E-state index in [1.807, 2.05) is 12.1 Å². The van der Waals surface area contributed by atoms with Gasteiger partial charge in [0.05, 0.1) is 21.7 Å². The Kier molecular flexibility index (Phi) is 5.77.